The van der Waals surface area contributed by atoms with Crippen LogP contribution < -0.4 is 10.9 Å². The Balaban J connectivity index is 1.38. The molecule has 4 heterocycles. The summed E-state index contributed by atoms with van der Waals surface area (Å²) in [5, 5.41) is 7.98. The minimum absolute atomic E-state index is 0.0353. The highest BCUT2D eigenvalue weighted by atomic mass is 16.5. The van der Waals surface area contributed by atoms with Crippen molar-refractivity contribution in [3.63, 3.8) is 0 Å². The first-order chi connectivity index (χ1) is 13.3. The number of likely N-dealkylation sites (tertiary alicyclic amines) is 1. The number of ether oxygens (including phenoxy) is 1. The largest absolute Gasteiger partial charge is 0.376 e. The van der Waals surface area contributed by atoms with E-state index in [-0.39, 0.29) is 5.56 Å². The van der Waals surface area contributed by atoms with E-state index >= 15 is 0 Å². The van der Waals surface area contributed by atoms with Crippen LogP contribution in [0, 0.1) is 0 Å². The third kappa shape index (κ3) is 4.51. The summed E-state index contributed by atoms with van der Waals surface area (Å²) in [5.41, 5.74) is 1.90. The summed E-state index contributed by atoms with van der Waals surface area (Å²) in [6.07, 6.45) is 7.68. The minimum Gasteiger partial charge on any atom is -0.376 e. The Morgan fingerprint density at radius 1 is 1.30 bits per heavy atom. The molecule has 2 aromatic heterocycles. The number of hydrogen-bond donors (Lipinski definition) is 1. The van der Waals surface area contributed by atoms with Gasteiger partial charge in [0.15, 0.2) is 0 Å². The number of aromatic nitrogens is 4. The monoisotopic (exact) mass is 370 g/mol. The lowest BCUT2D eigenvalue weighted by Crippen LogP contribution is -2.45. The minimum atomic E-state index is -0.0353. The fourth-order valence-corrected chi connectivity index (χ4v) is 3.84. The van der Waals surface area contributed by atoms with Gasteiger partial charge in [-0.15, -0.1) is 0 Å². The van der Waals surface area contributed by atoms with E-state index in [9.17, 15) is 4.79 Å². The Morgan fingerprint density at radius 2 is 2.26 bits per heavy atom. The van der Waals surface area contributed by atoms with Crippen molar-refractivity contribution in [3.8, 4) is 0 Å². The zero-order valence-corrected chi connectivity index (χ0v) is 15.5. The van der Waals surface area contributed by atoms with Gasteiger partial charge in [0, 0.05) is 43.4 Å². The molecule has 1 fully saturated rings. The second kappa shape index (κ2) is 8.58. The molecular weight excluding hydrogens is 344 g/mol. The van der Waals surface area contributed by atoms with E-state index < -0.39 is 0 Å². The van der Waals surface area contributed by atoms with Gasteiger partial charge < -0.3 is 10.1 Å². The van der Waals surface area contributed by atoms with Crippen LogP contribution in [0.15, 0.2) is 29.5 Å². The fourth-order valence-electron chi connectivity index (χ4n) is 3.84. The third-order valence-electron chi connectivity index (χ3n) is 5.35. The van der Waals surface area contributed by atoms with Crippen molar-refractivity contribution in [2.75, 3.05) is 31.6 Å². The molecule has 1 saturated heterocycles. The van der Waals surface area contributed by atoms with Crippen molar-refractivity contribution >= 4 is 5.82 Å². The number of piperidine rings is 1. The lowest BCUT2D eigenvalue weighted by molar-refractivity contribution is 0.107. The molecule has 1 N–H and O–H groups in total. The van der Waals surface area contributed by atoms with E-state index in [2.05, 4.69) is 25.3 Å². The van der Waals surface area contributed by atoms with Crippen LogP contribution in [0.5, 0.6) is 0 Å². The van der Waals surface area contributed by atoms with E-state index in [1.165, 1.54) is 12.8 Å². The molecule has 8 heteroatoms. The van der Waals surface area contributed by atoms with E-state index in [0.717, 1.165) is 49.6 Å². The van der Waals surface area contributed by atoms with Crippen LogP contribution in [0.1, 0.15) is 30.5 Å². The zero-order valence-electron chi connectivity index (χ0n) is 15.5. The number of nitrogens with one attached hydrogen (secondary N) is 1. The van der Waals surface area contributed by atoms with Gasteiger partial charge in [-0.05, 0) is 25.5 Å². The molecule has 1 atom stereocenters. The molecule has 2 aromatic rings. The molecule has 2 aliphatic heterocycles. The lowest BCUT2D eigenvalue weighted by atomic mass is 10.0. The van der Waals surface area contributed by atoms with Crippen molar-refractivity contribution < 1.29 is 4.74 Å². The second-order valence-electron chi connectivity index (χ2n) is 7.14. The molecule has 0 radical (unpaired) electrons. The SMILES string of the molecule is O=c1cc2c(nn1CCN1CCCCC1CNc1ccncn1)CCOC2. The number of rotatable bonds is 6. The fraction of sp³-hybridized carbons (Fsp3) is 0.579. The Morgan fingerprint density at radius 3 is 3.15 bits per heavy atom. The summed E-state index contributed by atoms with van der Waals surface area (Å²) in [6.45, 7) is 4.54. The summed E-state index contributed by atoms with van der Waals surface area (Å²) in [7, 11) is 0. The summed E-state index contributed by atoms with van der Waals surface area (Å²) in [6, 6.07) is 4.01. The van der Waals surface area contributed by atoms with Gasteiger partial charge in [0.1, 0.15) is 12.1 Å². The molecule has 2 aliphatic rings. The number of anilines is 1. The van der Waals surface area contributed by atoms with Crippen LogP contribution in [-0.4, -0.2) is 56.9 Å². The molecule has 0 saturated carbocycles. The Bertz CT molecular complexity index is 810. The smallest absolute Gasteiger partial charge is 0.267 e. The van der Waals surface area contributed by atoms with Crippen molar-refractivity contribution in [3.05, 3.63) is 46.3 Å². The van der Waals surface area contributed by atoms with Crippen LogP contribution in [-0.2, 0) is 24.3 Å². The third-order valence-corrected chi connectivity index (χ3v) is 5.35. The molecule has 144 valence electrons. The van der Waals surface area contributed by atoms with E-state index in [0.29, 0.717) is 25.8 Å². The molecule has 0 aromatic carbocycles. The standard InChI is InChI=1S/C19H26N6O2/c26-19-11-15-13-27-10-5-17(15)23-25(19)9-8-24-7-2-1-3-16(24)12-21-18-4-6-20-14-22-18/h4,6,11,14,16H,1-3,5,7-10,12-13H2,(H,20,21,22). The Kier molecular flexibility index (Phi) is 5.74. The maximum Gasteiger partial charge on any atom is 0.267 e. The molecule has 0 spiro atoms. The van der Waals surface area contributed by atoms with E-state index in [4.69, 9.17) is 4.74 Å². The quantitative estimate of drug-likeness (QED) is 0.814. The van der Waals surface area contributed by atoms with Gasteiger partial charge in [0.2, 0.25) is 0 Å². The molecule has 8 nitrogen and oxygen atoms in total. The average Bonchev–Trinajstić information content (AvgIpc) is 2.72. The first kappa shape index (κ1) is 18.1. The van der Waals surface area contributed by atoms with Gasteiger partial charge in [-0.3, -0.25) is 9.69 Å². The predicted octanol–water partition coefficient (Wildman–Crippen LogP) is 1.07. The normalized spacial score (nSPS) is 20.2. The van der Waals surface area contributed by atoms with Gasteiger partial charge in [-0.1, -0.05) is 6.42 Å². The van der Waals surface area contributed by atoms with Gasteiger partial charge >= 0.3 is 0 Å². The van der Waals surface area contributed by atoms with Crippen LogP contribution in [0.2, 0.25) is 0 Å². The van der Waals surface area contributed by atoms with Crippen molar-refractivity contribution in [1.82, 2.24) is 24.6 Å². The molecule has 0 amide bonds. The van der Waals surface area contributed by atoms with Gasteiger partial charge in [0.05, 0.1) is 25.5 Å². The van der Waals surface area contributed by atoms with Crippen LogP contribution in [0.3, 0.4) is 0 Å². The Labute approximate surface area is 158 Å². The van der Waals surface area contributed by atoms with Crippen LogP contribution >= 0.6 is 0 Å². The first-order valence-corrected chi connectivity index (χ1v) is 9.71. The molecule has 0 aliphatic carbocycles. The van der Waals surface area contributed by atoms with Crippen molar-refractivity contribution in [1.29, 1.82) is 0 Å². The lowest BCUT2D eigenvalue weighted by Gasteiger charge is -2.36. The predicted molar refractivity (Wildman–Crippen MR) is 102 cm³/mol. The summed E-state index contributed by atoms with van der Waals surface area (Å²) in [5.74, 6) is 0.852. The van der Waals surface area contributed by atoms with Gasteiger partial charge in [0.25, 0.3) is 5.56 Å². The Hall–Kier alpha value is -2.32. The zero-order chi connectivity index (χ0) is 18.5. The number of fused-ring (bicyclic) bond motifs is 1. The molecule has 0 bridgehead atoms. The van der Waals surface area contributed by atoms with Crippen LogP contribution in [0.4, 0.5) is 5.82 Å². The highest BCUT2D eigenvalue weighted by molar-refractivity contribution is 5.31. The number of nitrogens with zero attached hydrogens (tertiary/aromatic N) is 5. The molecule has 27 heavy (non-hydrogen) atoms. The van der Waals surface area contributed by atoms with Gasteiger partial charge in [-0.2, -0.15) is 5.10 Å². The molecule has 4 rings (SSSR count). The van der Waals surface area contributed by atoms with Crippen LogP contribution in [0.25, 0.3) is 0 Å². The maximum absolute atomic E-state index is 12.4. The van der Waals surface area contributed by atoms with Crippen molar-refractivity contribution in [2.24, 2.45) is 0 Å². The number of hydrogen-bond acceptors (Lipinski definition) is 7. The average molecular weight is 370 g/mol. The highest BCUT2D eigenvalue weighted by Crippen LogP contribution is 2.17. The second-order valence-corrected chi connectivity index (χ2v) is 7.14. The van der Waals surface area contributed by atoms with E-state index in [1.54, 1.807) is 23.3 Å². The summed E-state index contributed by atoms with van der Waals surface area (Å²) < 4.78 is 7.03. The van der Waals surface area contributed by atoms with Gasteiger partial charge in [-0.25, -0.2) is 14.6 Å². The highest BCUT2D eigenvalue weighted by Gasteiger charge is 2.22. The topological polar surface area (TPSA) is 85.2 Å². The van der Waals surface area contributed by atoms with E-state index in [1.807, 2.05) is 6.07 Å². The maximum atomic E-state index is 12.4. The summed E-state index contributed by atoms with van der Waals surface area (Å²) in [4.78, 5) is 23.0. The van der Waals surface area contributed by atoms with Crippen molar-refractivity contribution in [2.45, 2.75) is 44.9 Å². The molecular formula is C19H26N6O2. The summed E-state index contributed by atoms with van der Waals surface area (Å²) >= 11 is 0. The molecule has 1 unspecified atom stereocenters. The first-order valence-electron chi connectivity index (χ1n) is 9.71.